The predicted molar refractivity (Wildman–Crippen MR) is 130 cm³/mol. The minimum atomic E-state index is -1.14. The van der Waals surface area contributed by atoms with Gasteiger partial charge in [-0.2, -0.15) is 0 Å². The number of allylic oxidation sites excluding steroid dienone is 2. The van der Waals surface area contributed by atoms with Crippen molar-refractivity contribution in [2.24, 2.45) is 17.8 Å². The van der Waals surface area contributed by atoms with E-state index >= 15 is 0 Å². The second-order valence-electron chi connectivity index (χ2n) is 9.33. The van der Waals surface area contributed by atoms with Gasteiger partial charge in [0.25, 0.3) is 0 Å². The fourth-order valence-electron chi connectivity index (χ4n) is 4.07. The standard InChI is InChI=1S/C26H39NO8/c1-16(13-17(2)26(35)21(29)10-6-4-5-7-12-24(32)33)25(34)18(3)20(28)11-8-9-19-14-22(30)27-23(31)15-19/h6-7,10,12-13,17-19,21,25-26,29,34-35H,4-5,8-9,11,14-15H2,1-3H3,(H,32,33)(H,27,30,31)/b10-6+,12-7+,16-13+/t17-,18-,21+,25+,26+/m1/s1. The Kier molecular flexibility index (Phi) is 13.4. The highest BCUT2D eigenvalue weighted by atomic mass is 16.4. The molecule has 9 heteroatoms. The maximum absolute atomic E-state index is 12.5. The van der Waals surface area contributed by atoms with Crippen molar-refractivity contribution >= 4 is 23.6 Å². The number of amides is 2. The highest BCUT2D eigenvalue weighted by Crippen LogP contribution is 2.23. The van der Waals surface area contributed by atoms with Crippen molar-refractivity contribution in [3.8, 4) is 0 Å². The minimum Gasteiger partial charge on any atom is -0.478 e. The van der Waals surface area contributed by atoms with Crippen molar-refractivity contribution in [1.29, 1.82) is 0 Å². The van der Waals surface area contributed by atoms with Gasteiger partial charge < -0.3 is 20.4 Å². The van der Waals surface area contributed by atoms with Gasteiger partial charge in [-0.1, -0.05) is 38.2 Å². The van der Waals surface area contributed by atoms with Gasteiger partial charge in [-0.05, 0) is 44.1 Å². The Labute approximate surface area is 206 Å². The summed E-state index contributed by atoms with van der Waals surface area (Å²) >= 11 is 0. The lowest BCUT2D eigenvalue weighted by Crippen LogP contribution is -2.38. The highest BCUT2D eigenvalue weighted by Gasteiger charge is 2.27. The van der Waals surface area contributed by atoms with Gasteiger partial charge in [0.05, 0.1) is 18.3 Å². The van der Waals surface area contributed by atoms with Crippen LogP contribution in [0, 0.1) is 17.8 Å². The third-order valence-corrected chi connectivity index (χ3v) is 6.22. The van der Waals surface area contributed by atoms with Crippen LogP contribution in [0.3, 0.4) is 0 Å². The molecule has 0 saturated carbocycles. The Morgan fingerprint density at radius 2 is 1.66 bits per heavy atom. The van der Waals surface area contributed by atoms with Gasteiger partial charge in [0, 0.05) is 37.2 Å². The molecular formula is C26H39NO8. The molecule has 1 rings (SSSR count). The summed E-state index contributed by atoms with van der Waals surface area (Å²) < 4.78 is 0. The lowest BCUT2D eigenvalue weighted by Gasteiger charge is -2.24. The summed E-state index contributed by atoms with van der Waals surface area (Å²) in [5.74, 6) is -2.92. The number of rotatable bonds is 15. The number of piperidine rings is 1. The lowest BCUT2D eigenvalue weighted by molar-refractivity contribution is -0.135. The van der Waals surface area contributed by atoms with Crippen LogP contribution >= 0.6 is 0 Å². The minimum absolute atomic E-state index is 0.0602. The van der Waals surface area contributed by atoms with Gasteiger partial charge in [0.1, 0.15) is 5.78 Å². The predicted octanol–water partition coefficient (Wildman–Crippen LogP) is 2.06. The van der Waals surface area contributed by atoms with Gasteiger partial charge in [0.15, 0.2) is 0 Å². The molecule has 9 nitrogen and oxygen atoms in total. The lowest BCUT2D eigenvalue weighted by atomic mass is 9.87. The number of hydrogen-bond donors (Lipinski definition) is 5. The van der Waals surface area contributed by atoms with Gasteiger partial charge in [-0.25, -0.2) is 4.79 Å². The van der Waals surface area contributed by atoms with E-state index in [2.05, 4.69) is 5.32 Å². The SMILES string of the molecule is C/C(=C\[C@@H](C)[C@H](O)[C@@H](O)/C=C/CC/C=C/C(=O)O)[C@H](O)[C@H](C)C(=O)CCCC1CC(=O)NC(=O)C1. The Hall–Kier alpha value is -2.62. The number of aliphatic hydroxyl groups is 3. The van der Waals surface area contributed by atoms with Crippen molar-refractivity contribution < 1.29 is 39.6 Å². The smallest absolute Gasteiger partial charge is 0.327 e. The number of hydrogen-bond acceptors (Lipinski definition) is 7. The molecule has 0 aliphatic carbocycles. The highest BCUT2D eigenvalue weighted by molar-refractivity contribution is 5.97. The molecule has 5 atom stereocenters. The summed E-state index contributed by atoms with van der Waals surface area (Å²) in [6, 6.07) is 0. The van der Waals surface area contributed by atoms with E-state index in [1.165, 1.54) is 12.2 Å². The van der Waals surface area contributed by atoms with Crippen molar-refractivity contribution in [2.45, 2.75) is 84.0 Å². The van der Waals surface area contributed by atoms with Gasteiger partial charge in [-0.15, -0.1) is 0 Å². The van der Waals surface area contributed by atoms with E-state index in [4.69, 9.17) is 5.11 Å². The molecule has 0 unspecified atom stereocenters. The summed E-state index contributed by atoms with van der Waals surface area (Å²) in [6.07, 6.45) is 6.93. The number of carbonyl (C=O) groups is 4. The molecule has 1 saturated heterocycles. The second-order valence-corrected chi connectivity index (χ2v) is 9.33. The maximum Gasteiger partial charge on any atom is 0.327 e. The van der Waals surface area contributed by atoms with E-state index in [-0.39, 0.29) is 42.8 Å². The van der Waals surface area contributed by atoms with E-state index in [9.17, 15) is 34.5 Å². The number of aliphatic carboxylic acids is 1. The van der Waals surface area contributed by atoms with Gasteiger partial charge >= 0.3 is 5.97 Å². The number of ketones is 1. The van der Waals surface area contributed by atoms with Crippen LogP contribution in [0.25, 0.3) is 0 Å². The third kappa shape index (κ3) is 11.6. The zero-order chi connectivity index (χ0) is 26.5. The molecule has 1 aliphatic rings. The van der Waals surface area contributed by atoms with Crippen molar-refractivity contribution in [3.63, 3.8) is 0 Å². The summed E-state index contributed by atoms with van der Waals surface area (Å²) in [4.78, 5) is 45.8. The molecule has 0 aromatic rings. The number of Topliss-reactive ketones (excluding diaryl/α,β-unsaturated/α-hetero) is 1. The van der Waals surface area contributed by atoms with E-state index in [1.807, 2.05) is 0 Å². The molecule has 1 fully saturated rings. The quantitative estimate of drug-likeness (QED) is 0.100. The molecule has 1 heterocycles. The molecule has 2 amide bonds. The number of carboxylic acids is 1. The van der Waals surface area contributed by atoms with Crippen LogP contribution < -0.4 is 5.32 Å². The average Bonchev–Trinajstić information content (AvgIpc) is 2.78. The monoisotopic (exact) mass is 493 g/mol. The summed E-state index contributed by atoms with van der Waals surface area (Å²) in [5.41, 5.74) is 0.516. The van der Waals surface area contributed by atoms with Crippen LogP contribution in [0.2, 0.25) is 0 Å². The molecular weight excluding hydrogens is 454 g/mol. The van der Waals surface area contributed by atoms with E-state index in [0.29, 0.717) is 31.3 Å². The number of unbranched alkanes of at least 4 members (excludes halogenated alkanes) is 1. The molecule has 196 valence electrons. The van der Waals surface area contributed by atoms with Crippen molar-refractivity contribution in [3.05, 3.63) is 36.0 Å². The van der Waals surface area contributed by atoms with Crippen molar-refractivity contribution in [2.75, 3.05) is 0 Å². The van der Waals surface area contributed by atoms with Crippen LogP contribution in [0.1, 0.15) is 65.7 Å². The molecule has 0 spiro atoms. The zero-order valence-corrected chi connectivity index (χ0v) is 20.7. The molecule has 1 aliphatic heterocycles. The topological polar surface area (TPSA) is 161 Å². The Morgan fingerprint density at radius 3 is 2.26 bits per heavy atom. The summed E-state index contributed by atoms with van der Waals surface area (Å²) in [6.45, 7) is 5.00. The normalized spacial score (nSPS) is 20.0. The molecule has 0 bridgehead atoms. The van der Waals surface area contributed by atoms with Crippen LogP contribution in [0.4, 0.5) is 0 Å². The first-order valence-electron chi connectivity index (χ1n) is 12.1. The first-order chi connectivity index (χ1) is 16.4. The number of imide groups is 1. The fraction of sp³-hybridized carbons (Fsp3) is 0.615. The van der Waals surface area contributed by atoms with Crippen LogP contribution in [0.5, 0.6) is 0 Å². The Bertz CT molecular complexity index is 815. The molecule has 0 aromatic carbocycles. The van der Waals surface area contributed by atoms with E-state index in [1.54, 1.807) is 32.9 Å². The molecule has 0 radical (unpaired) electrons. The van der Waals surface area contributed by atoms with Crippen molar-refractivity contribution in [1.82, 2.24) is 5.32 Å². The summed E-state index contributed by atoms with van der Waals surface area (Å²) in [5, 5.41) is 42.0. The van der Waals surface area contributed by atoms with Gasteiger partial charge in [-0.3, -0.25) is 19.7 Å². The number of carbonyl (C=O) groups excluding carboxylic acids is 3. The van der Waals surface area contributed by atoms with E-state index in [0.717, 1.165) is 6.08 Å². The number of aliphatic hydroxyl groups excluding tert-OH is 3. The maximum atomic E-state index is 12.5. The summed E-state index contributed by atoms with van der Waals surface area (Å²) in [7, 11) is 0. The fourth-order valence-corrected chi connectivity index (χ4v) is 4.07. The Balaban J connectivity index is 2.50. The largest absolute Gasteiger partial charge is 0.478 e. The van der Waals surface area contributed by atoms with Crippen LogP contribution in [0.15, 0.2) is 36.0 Å². The van der Waals surface area contributed by atoms with E-state index < -0.39 is 36.1 Å². The number of carboxylic acid groups (broad SMARTS) is 1. The van der Waals surface area contributed by atoms with Gasteiger partial charge in [0.2, 0.25) is 11.8 Å². The van der Waals surface area contributed by atoms with Crippen LogP contribution in [-0.2, 0) is 19.2 Å². The average molecular weight is 494 g/mol. The second kappa shape index (κ2) is 15.4. The first kappa shape index (κ1) is 30.4. The molecule has 5 N–H and O–H groups in total. The first-order valence-corrected chi connectivity index (χ1v) is 12.1. The number of nitrogens with one attached hydrogen (secondary N) is 1. The third-order valence-electron chi connectivity index (χ3n) is 6.22. The molecule has 35 heavy (non-hydrogen) atoms. The zero-order valence-electron chi connectivity index (χ0n) is 20.7. The Morgan fingerprint density at radius 1 is 1.06 bits per heavy atom. The molecule has 0 aromatic heterocycles. The van der Waals surface area contributed by atoms with Crippen LogP contribution in [-0.4, -0.2) is 62.3 Å².